The molecule has 0 spiro atoms. The molecular weight excluding hydrogens is 243 g/mol. The van der Waals surface area contributed by atoms with E-state index < -0.39 is 0 Å². The second-order valence-electron chi connectivity index (χ2n) is 5.16. The van der Waals surface area contributed by atoms with E-state index in [4.69, 9.17) is 10.8 Å². The Hall–Kier alpha value is -0.970. The molecule has 0 aromatic heterocycles. The van der Waals surface area contributed by atoms with Crippen molar-refractivity contribution >= 4 is 0 Å². The molecule has 1 rings (SSSR count). The molecule has 108 valence electrons. The van der Waals surface area contributed by atoms with Gasteiger partial charge >= 0.3 is 0 Å². The molecule has 1 atom stereocenters. The van der Waals surface area contributed by atoms with E-state index in [1.54, 1.807) is 6.07 Å². The Morgan fingerprint density at radius 3 is 2.63 bits per heavy atom. The molecule has 3 N–H and O–H groups in total. The standard InChI is InChI=1S/C15H25FN2O/c1-12(2)18(8-4-10-19)9-7-15(17)13-5-3-6-14(16)11-13/h3,5-6,11-12,15,19H,4,7-10,17H2,1-2H3. The van der Waals surface area contributed by atoms with Gasteiger partial charge in [0.1, 0.15) is 5.82 Å². The number of aliphatic hydroxyl groups excluding tert-OH is 1. The van der Waals surface area contributed by atoms with Crippen LogP contribution in [-0.2, 0) is 0 Å². The zero-order valence-electron chi connectivity index (χ0n) is 11.8. The number of halogens is 1. The highest BCUT2D eigenvalue weighted by atomic mass is 19.1. The Bertz CT molecular complexity index is 371. The number of nitrogens with zero attached hydrogens (tertiary/aromatic N) is 1. The van der Waals surface area contributed by atoms with Crippen LogP contribution in [0.3, 0.4) is 0 Å². The number of hydrogen-bond donors (Lipinski definition) is 2. The third kappa shape index (κ3) is 5.68. The van der Waals surface area contributed by atoms with Crippen molar-refractivity contribution in [3.8, 4) is 0 Å². The molecule has 0 fully saturated rings. The van der Waals surface area contributed by atoms with E-state index in [-0.39, 0.29) is 18.5 Å². The Morgan fingerprint density at radius 1 is 1.32 bits per heavy atom. The van der Waals surface area contributed by atoms with Crippen LogP contribution in [0.1, 0.15) is 38.3 Å². The van der Waals surface area contributed by atoms with E-state index in [0.29, 0.717) is 6.04 Å². The quantitative estimate of drug-likeness (QED) is 0.760. The van der Waals surface area contributed by atoms with Crippen LogP contribution < -0.4 is 5.73 Å². The molecule has 0 amide bonds. The van der Waals surface area contributed by atoms with Gasteiger partial charge in [-0.1, -0.05) is 12.1 Å². The molecular formula is C15H25FN2O. The maximum absolute atomic E-state index is 13.1. The lowest BCUT2D eigenvalue weighted by Crippen LogP contribution is -2.34. The largest absolute Gasteiger partial charge is 0.396 e. The van der Waals surface area contributed by atoms with Crippen molar-refractivity contribution in [2.75, 3.05) is 19.7 Å². The normalized spacial score (nSPS) is 13.2. The van der Waals surface area contributed by atoms with E-state index in [9.17, 15) is 4.39 Å². The highest BCUT2D eigenvalue weighted by Gasteiger charge is 2.12. The summed E-state index contributed by atoms with van der Waals surface area (Å²) in [5.41, 5.74) is 6.94. The Kier molecular flexibility index (Phi) is 6.99. The Balaban J connectivity index is 2.49. The van der Waals surface area contributed by atoms with Gasteiger partial charge in [0.25, 0.3) is 0 Å². The second-order valence-corrected chi connectivity index (χ2v) is 5.16. The summed E-state index contributed by atoms with van der Waals surface area (Å²) in [6, 6.07) is 6.76. The van der Waals surface area contributed by atoms with Gasteiger partial charge in [0.05, 0.1) is 0 Å². The minimum atomic E-state index is -0.242. The fraction of sp³-hybridized carbons (Fsp3) is 0.600. The van der Waals surface area contributed by atoms with Gasteiger partial charge in [-0.15, -0.1) is 0 Å². The molecule has 0 aliphatic rings. The SMILES string of the molecule is CC(C)N(CCCO)CCC(N)c1cccc(F)c1. The van der Waals surface area contributed by atoms with Gasteiger partial charge in [-0.2, -0.15) is 0 Å². The average Bonchev–Trinajstić information content (AvgIpc) is 2.38. The van der Waals surface area contributed by atoms with Gasteiger partial charge < -0.3 is 15.7 Å². The van der Waals surface area contributed by atoms with Crippen LogP contribution in [0.2, 0.25) is 0 Å². The molecule has 0 aliphatic heterocycles. The number of benzene rings is 1. The lowest BCUT2D eigenvalue weighted by molar-refractivity contribution is 0.186. The van der Waals surface area contributed by atoms with Gasteiger partial charge in [-0.25, -0.2) is 4.39 Å². The van der Waals surface area contributed by atoms with Gasteiger partial charge in [0, 0.05) is 31.8 Å². The highest BCUT2D eigenvalue weighted by molar-refractivity contribution is 5.19. The fourth-order valence-electron chi connectivity index (χ4n) is 2.11. The molecule has 3 nitrogen and oxygen atoms in total. The van der Waals surface area contributed by atoms with Crippen molar-refractivity contribution in [1.29, 1.82) is 0 Å². The average molecular weight is 268 g/mol. The first-order chi connectivity index (χ1) is 9.04. The van der Waals surface area contributed by atoms with Crippen LogP contribution in [0.4, 0.5) is 4.39 Å². The van der Waals surface area contributed by atoms with Gasteiger partial charge in [-0.05, 0) is 44.4 Å². The van der Waals surface area contributed by atoms with Crippen LogP contribution in [0.25, 0.3) is 0 Å². The van der Waals surface area contributed by atoms with Crippen molar-refractivity contribution in [3.63, 3.8) is 0 Å². The summed E-state index contributed by atoms with van der Waals surface area (Å²) in [6.07, 6.45) is 1.56. The van der Waals surface area contributed by atoms with Gasteiger partial charge in [0.15, 0.2) is 0 Å². The minimum Gasteiger partial charge on any atom is -0.396 e. The predicted molar refractivity (Wildman–Crippen MR) is 76.4 cm³/mol. The van der Waals surface area contributed by atoms with E-state index in [1.807, 2.05) is 6.07 Å². The van der Waals surface area contributed by atoms with Crippen LogP contribution in [0.5, 0.6) is 0 Å². The molecule has 0 saturated carbocycles. The lowest BCUT2D eigenvalue weighted by Gasteiger charge is -2.27. The first-order valence-corrected chi connectivity index (χ1v) is 6.90. The predicted octanol–water partition coefficient (Wildman–Crippen LogP) is 2.31. The monoisotopic (exact) mass is 268 g/mol. The third-order valence-corrected chi connectivity index (χ3v) is 3.34. The van der Waals surface area contributed by atoms with Crippen molar-refractivity contribution in [2.24, 2.45) is 5.73 Å². The van der Waals surface area contributed by atoms with Crippen LogP contribution in [0, 0.1) is 5.82 Å². The highest BCUT2D eigenvalue weighted by Crippen LogP contribution is 2.16. The minimum absolute atomic E-state index is 0.147. The van der Waals surface area contributed by atoms with Crippen molar-refractivity contribution in [3.05, 3.63) is 35.6 Å². The molecule has 1 aromatic carbocycles. The van der Waals surface area contributed by atoms with Crippen molar-refractivity contribution in [2.45, 2.75) is 38.8 Å². The number of hydrogen-bond acceptors (Lipinski definition) is 3. The lowest BCUT2D eigenvalue weighted by atomic mass is 10.0. The maximum Gasteiger partial charge on any atom is 0.123 e. The molecule has 0 heterocycles. The number of rotatable bonds is 8. The van der Waals surface area contributed by atoms with Crippen LogP contribution >= 0.6 is 0 Å². The summed E-state index contributed by atoms with van der Waals surface area (Å²) in [7, 11) is 0. The molecule has 1 aromatic rings. The molecule has 1 unspecified atom stereocenters. The first-order valence-electron chi connectivity index (χ1n) is 6.90. The molecule has 0 saturated heterocycles. The first kappa shape index (κ1) is 16.1. The zero-order valence-corrected chi connectivity index (χ0v) is 11.8. The van der Waals surface area contributed by atoms with E-state index in [2.05, 4.69) is 18.7 Å². The topological polar surface area (TPSA) is 49.5 Å². The van der Waals surface area contributed by atoms with Gasteiger partial charge in [0.2, 0.25) is 0 Å². The number of aliphatic hydroxyl groups is 1. The molecule has 4 heteroatoms. The van der Waals surface area contributed by atoms with Crippen LogP contribution in [-0.4, -0.2) is 35.7 Å². The fourth-order valence-corrected chi connectivity index (χ4v) is 2.11. The molecule has 0 aliphatic carbocycles. The van der Waals surface area contributed by atoms with E-state index >= 15 is 0 Å². The molecule has 0 radical (unpaired) electrons. The Morgan fingerprint density at radius 2 is 2.05 bits per heavy atom. The maximum atomic E-state index is 13.1. The van der Waals surface area contributed by atoms with Crippen LogP contribution in [0.15, 0.2) is 24.3 Å². The Labute approximate surface area is 115 Å². The van der Waals surface area contributed by atoms with Gasteiger partial charge in [-0.3, -0.25) is 0 Å². The van der Waals surface area contributed by atoms with Crippen molar-refractivity contribution < 1.29 is 9.50 Å². The summed E-state index contributed by atoms with van der Waals surface area (Å²) in [5, 5.41) is 8.89. The van der Waals surface area contributed by atoms with Crippen molar-refractivity contribution in [1.82, 2.24) is 4.90 Å². The zero-order chi connectivity index (χ0) is 14.3. The number of nitrogens with two attached hydrogens (primary N) is 1. The third-order valence-electron chi connectivity index (χ3n) is 3.34. The summed E-state index contributed by atoms with van der Waals surface area (Å²) in [5.74, 6) is -0.242. The second kappa shape index (κ2) is 8.25. The summed E-state index contributed by atoms with van der Waals surface area (Å²) < 4.78 is 13.1. The summed E-state index contributed by atoms with van der Waals surface area (Å²) in [4.78, 5) is 2.29. The summed E-state index contributed by atoms with van der Waals surface area (Å²) >= 11 is 0. The molecule has 19 heavy (non-hydrogen) atoms. The smallest absolute Gasteiger partial charge is 0.123 e. The van der Waals surface area contributed by atoms with E-state index in [1.165, 1.54) is 12.1 Å². The van der Waals surface area contributed by atoms with E-state index in [0.717, 1.165) is 31.5 Å². The summed E-state index contributed by atoms with van der Waals surface area (Å²) in [6.45, 7) is 6.19. The molecule has 0 bridgehead atoms.